The molecule has 1 rings (SSSR count). The summed E-state index contributed by atoms with van der Waals surface area (Å²) in [7, 11) is 1.39. The van der Waals surface area contributed by atoms with Crippen LogP contribution in [0.15, 0.2) is 18.2 Å². The Balaban J connectivity index is 2.98. The number of hydrogen-bond donors (Lipinski definition) is 1. The van der Waals surface area contributed by atoms with Crippen molar-refractivity contribution in [1.82, 2.24) is 4.90 Å². The second-order valence-corrected chi connectivity index (χ2v) is 3.56. The van der Waals surface area contributed by atoms with Crippen molar-refractivity contribution in [2.75, 3.05) is 20.2 Å². The van der Waals surface area contributed by atoms with E-state index in [1.54, 1.807) is 6.92 Å². The molecule has 0 aliphatic rings. The minimum absolute atomic E-state index is 0.168. The summed E-state index contributed by atoms with van der Waals surface area (Å²) in [5, 5.41) is 8.65. The van der Waals surface area contributed by atoms with Gasteiger partial charge in [0.2, 0.25) is 0 Å². The second-order valence-electron chi connectivity index (χ2n) is 3.56. The maximum atomic E-state index is 13.6. The largest absolute Gasteiger partial charge is 0.497 e. The van der Waals surface area contributed by atoms with Crippen LogP contribution in [0, 0.1) is 5.82 Å². The van der Waals surface area contributed by atoms with Gasteiger partial charge in [0.05, 0.1) is 12.7 Å². The lowest BCUT2D eigenvalue weighted by molar-refractivity contribution is -0.137. The molecule has 0 bridgehead atoms. The smallest absolute Gasteiger partial charge is 0.323 e. The van der Waals surface area contributed by atoms with Gasteiger partial charge in [0.1, 0.15) is 18.1 Å². The normalized spacial score (nSPS) is 9.94. The van der Waals surface area contributed by atoms with E-state index in [9.17, 15) is 14.0 Å². The molecule has 98 valence electrons. The summed E-state index contributed by atoms with van der Waals surface area (Å²) in [4.78, 5) is 23.5. The number of nitrogens with zero attached hydrogens (tertiary/aromatic N) is 1. The number of amides is 1. The monoisotopic (exact) mass is 255 g/mol. The fourth-order valence-corrected chi connectivity index (χ4v) is 1.46. The molecule has 1 amide bonds. The lowest BCUT2D eigenvalue weighted by atomic mass is 10.1. The van der Waals surface area contributed by atoms with E-state index < -0.39 is 24.2 Å². The van der Waals surface area contributed by atoms with Gasteiger partial charge in [0.25, 0.3) is 5.91 Å². The molecular weight excluding hydrogens is 241 g/mol. The molecular formula is C12H14FNO4. The highest BCUT2D eigenvalue weighted by Gasteiger charge is 2.20. The molecule has 0 spiro atoms. The van der Waals surface area contributed by atoms with E-state index in [4.69, 9.17) is 9.84 Å². The van der Waals surface area contributed by atoms with Gasteiger partial charge < -0.3 is 14.7 Å². The number of carbonyl (C=O) groups is 2. The summed E-state index contributed by atoms with van der Waals surface area (Å²) in [5.41, 5.74) is -0.168. The summed E-state index contributed by atoms with van der Waals surface area (Å²) < 4.78 is 18.5. The van der Waals surface area contributed by atoms with Crippen LogP contribution >= 0.6 is 0 Å². The maximum absolute atomic E-state index is 13.6. The Morgan fingerprint density at radius 3 is 2.56 bits per heavy atom. The molecule has 0 radical (unpaired) electrons. The lowest BCUT2D eigenvalue weighted by Crippen LogP contribution is -2.35. The van der Waals surface area contributed by atoms with Gasteiger partial charge in [-0.15, -0.1) is 0 Å². The fourth-order valence-electron chi connectivity index (χ4n) is 1.46. The summed E-state index contributed by atoms with van der Waals surface area (Å²) in [6.45, 7) is 1.36. The Bertz CT molecular complexity index is 461. The number of benzene rings is 1. The third kappa shape index (κ3) is 3.19. The van der Waals surface area contributed by atoms with Gasteiger partial charge in [-0.3, -0.25) is 9.59 Å². The number of likely N-dealkylation sites (N-methyl/N-ethyl adjacent to an activating group) is 1. The van der Waals surface area contributed by atoms with E-state index in [1.807, 2.05) is 0 Å². The first-order valence-corrected chi connectivity index (χ1v) is 5.34. The Labute approximate surface area is 104 Å². The van der Waals surface area contributed by atoms with Crippen LogP contribution in [0.5, 0.6) is 5.75 Å². The number of carbonyl (C=O) groups excluding carboxylic acids is 1. The Hall–Kier alpha value is -2.11. The minimum Gasteiger partial charge on any atom is -0.497 e. The van der Waals surface area contributed by atoms with Crippen LogP contribution in [-0.2, 0) is 4.79 Å². The molecule has 0 aliphatic carbocycles. The van der Waals surface area contributed by atoms with Crippen LogP contribution in [0.4, 0.5) is 4.39 Å². The first kappa shape index (κ1) is 14.0. The second kappa shape index (κ2) is 6.00. The van der Waals surface area contributed by atoms with Crippen molar-refractivity contribution in [3.8, 4) is 5.75 Å². The Morgan fingerprint density at radius 2 is 2.11 bits per heavy atom. The van der Waals surface area contributed by atoms with Crippen LogP contribution < -0.4 is 4.74 Å². The number of aliphatic carboxylic acids is 1. The summed E-state index contributed by atoms with van der Waals surface area (Å²) in [6.07, 6.45) is 0. The molecule has 0 aromatic heterocycles. The van der Waals surface area contributed by atoms with Gasteiger partial charge in [-0.2, -0.15) is 0 Å². The number of rotatable bonds is 5. The predicted octanol–water partition coefficient (Wildman–Crippen LogP) is 1.38. The zero-order chi connectivity index (χ0) is 13.7. The first-order valence-electron chi connectivity index (χ1n) is 5.34. The summed E-state index contributed by atoms with van der Waals surface area (Å²) >= 11 is 0. The number of halogens is 1. The molecule has 1 N–H and O–H groups in total. The average Bonchev–Trinajstić information content (AvgIpc) is 2.34. The van der Waals surface area contributed by atoms with Crippen molar-refractivity contribution in [2.24, 2.45) is 0 Å². The van der Waals surface area contributed by atoms with Gasteiger partial charge in [-0.05, 0) is 19.1 Å². The molecule has 0 heterocycles. The molecule has 1 aromatic rings. The third-order valence-corrected chi connectivity index (χ3v) is 2.40. The van der Waals surface area contributed by atoms with Gasteiger partial charge in [-0.1, -0.05) is 0 Å². The van der Waals surface area contributed by atoms with Gasteiger partial charge >= 0.3 is 5.97 Å². The van der Waals surface area contributed by atoms with Crippen molar-refractivity contribution < 1.29 is 23.8 Å². The van der Waals surface area contributed by atoms with Crippen LogP contribution in [0.2, 0.25) is 0 Å². The van der Waals surface area contributed by atoms with Crippen molar-refractivity contribution >= 4 is 11.9 Å². The van der Waals surface area contributed by atoms with Crippen LogP contribution in [0.1, 0.15) is 17.3 Å². The summed E-state index contributed by atoms with van der Waals surface area (Å²) in [5.74, 6) is -2.23. The van der Waals surface area contributed by atoms with E-state index in [-0.39, 0.29) is 12.1 Å². The van der Waals surface area contributed by atoms with Crippen molar-refractivity contribution in [3.05, 3.63) is 29.6 Å². The average molecular weight is 255 g/mol. The first-order chi connectivity index (χ1) is 8.49. The van der Waals surface area contributed by atoms with E-state index in [0.717, 1.165) is 11.0 Å². The topological polar surface area (TPSA) is 66.8 Å². The highest BCUT2D eigenvalue weighted by atomic mass is 19.1. The van der Waals surface area contributed by atoms with Crippen LogP contribution in [0.25, 0.3) is 0 Å². The highest BCUT2D eigenvalue weighted by molar-refractivity contribution is 5.96. The van der Waals surface area contributed by atoms with Crippen molar-refractivity contribution in [3.63, 3.8) is 0 Å². The number of hydrogen-bond acceptors (Lipinski definition) is 3. The minimum atomic E-state index is -1.14. The molecule has 6 heteroatoms. The SMILES string of the molecule is CCN(CC(=O)O)C(=O)c1ccc(OC)cc1F. The standard InChI is InChI=1S/C12H14FNO4/c1-3-14(7-11(15)16)12(17)9-5-4-8(18-2)6-10(9)13/h4-6H,3,7H2,1-2H3,(H,15,16). The Kier molecular flexibility index (Phi) is 4.65. The van der Waals surface area contributed by atoms with Gasteiger partial charge in [0.15, 0.2) is 0 Å². The van der Waals surface area contributed by atoms with Crippen LogP contribution in [-0.4, -0.2) is 42.1 Å². The molecule has 0 aliphatic heterocycles. The number of ether oxygens (including phenoxy) is 1. The van der Waals surface area contributed by atoms with Gasteiger partial charge in [0, 0.05) is 12.6 Å². The van der Waals surface area contributed by atoms with E-state index in [1.165, 1.54) is 19.2 Å². The molecule has 0 fully saturated rings. The maximum Gasteiger partial charge on any atom is 0.323 e. The molecule has 18 heavy (non-hydrogen) atoms. The molecule has 1 aromatic carbocycles. The molecule has 0 saturated carbocycles. The molecule has 5 nitrogen and oxygen atoms in total. The number of methoxy groups -OCH3 is 1. The van der Waals surface area contributed by atoms with E-state index >= 15 is 0 Å². The Morgan fingerprint density at radius 1 is 1.44 bits per heavy atom. The summed E-state index contributed by atoms with van der Waals surface area (Å²) in [6, 6.07) is 3.81. The van der Waals surface area contributed by atoms with Gasteiger partial charge in [-0.25, -0.2) is 4.39 Å². The quantitative estimate of drug-likeness (QED) is 0.863. The lowest BCUT2D eigenvalue weighted by Gasteiger charge is -2.18. The zero-order valence-corrected chi connectivity index (χ0v) is 10.1. The highest BCUT2D eigenvalue weighted by Crippen LogP contribution is 2.17. The number of carboxylic acid groups (broad SMARTS) is 1. The third-order valence-electron chi connectivity index (χ3n) is 2.40. The number of carboxylic acids is 1. The van der Waals surface area contributed by atoms with Crippen LogP contribution in [0.3, 0.4) is 0 Å². The molecule has 0 saturated heterocycles. The molecule has 0 unspecified atom stereocenters. The zero-order valence-electron chi connectivity index (χ0n) is 10.1. The predicted molar refractivity (Wildman–Crippen MR) is 62.2 cm³/mol. The fraction of sp³-hybridized carbons (Fsp3) is 0.333. The van der Waals surface area contributed by atoms with Crippen molar-refractivity contribution in [2.45, 2.75) is 6.92 Å². The molecule has 0 atom stereocenters. The van der Waals surface area contributed by atoms with E-state index in [2.05, 4.69) is 0 Å². The van der Waals surface area contributed by atoms with E-state index in [0.29, 0.717) is 5.75 Å². The van der Waals surface area contributed by atoms with Crippen molar-refractivity contribution in [1.29, 1.82) is 0 Å².